The molecular weight excluding hydrogens is 380 g/mol. The van der Waals surface area contributed by atoms with Crippen LogP contribution in [0.25, 0.3) is 10.2 Å². The Hall–Kier alpha value is -2.32. The number of esters is 1. The molecule has 0 saturated heterocycles. The molecule has 1 aliphatic heterocycles. The molecule has 2 heterocycles. The van der Waals surface area contributed by atoms with Gasteiger partial charge in [0.2, 0.25) is 5.76 Å². The molecule has 7 nitrogen and oxygen atoms in total. The van der Waals surface area contributed by atoms with Gasteiger partial charge in [-0.2, -0.15) is 4.99 Å². The molecule has 138 valence electrons. The van der Waals surface area contributed by atoms with E-state index in [1.807, 2.05) is 6.07 Å². The summed E-state index contributed by atoms with van der Waals surface area (Å²) in [4.78, 5) is 28.7. The second-order valence-electron chi connectivity index (χ2n) is 5.32. The predicted molar refractivity (Wildman–Crippen MR) is 96.6 cm³/mol. The topological polar surface area (TPSA) is 79.1 Å². The maximum Gasteiger partial charge on any atom is 0.317 e. The van der Waals surface area contributed by atoms with Crippen molar-refractivity contribution >= 4 is 45.0 Å². The number of thiazole rings is 1. The number of aromatic nitrogens is 1. The molecule has 1 aromatic heterocycles. The molecule has 0 bridgehead atoms. The van der Waals surface area contributed by atoms with Crippen molar-refractivity contribution in [3.63, 3.8) is 0 Å². The van der Waals surface area contributed by atoms with Crippen LogP contribution in [0.5, 0.6) is 0 Å². The SMILES string of the molecule is CCOC(=O)CCn1c(=NC(=O)C2=COCCO2)sc2cc(Cl)ccc21. The van der Waals surface area contributed by atoms with Gasteiger partial charge in [-0.25, -0.2) is 0 Å². The third-order valence-electron chi connectivity index (χ3n) is 3.55. The molecule has 0 saturated carbocycles. The average Bonchev–Trinajstić information content (AvgIpc) is 2.97. The average molecular weight is 397 g/mol. The molecule has 1 aromatic carbocycles. The molecule has 0 fully saturated rings. The van der Waals surface area contributed by atoms with Crippen molar-refractivity contribution < 1.29 is 23.8 Å². The van der Waals surface area contributed by atoms with Gasteiger partial charge in [0.1, 0.15) is 19.5 Å². The summed E-state index contributed by atoms with van der Waals surface area (Å²) in [5, 5.41) is 0.584. The van der Waals surface area contributed by atoms with Crippen molar-refractivity contribution in [1.29, 1.82) is 0 Å². The summed E-state index contributed by atoms with van der Waals surface area (Å²) in [5.41, 5.74) is 0.838. The molecule has 1 aliphatic rings. The van der Waals surface area contributed by atoms with Crippen LogP contribution in [-0.4, -0.2) is 36.3 Å². The highest BCUT2D eigenvalue weighted by molar-refractivity contribution is 7.16. The summed E-state index contributed by atoms with van der Waals surface area (Å²) in [5.74, 6) is -0.784. The second-order valence-corrected chi connectivity index (χ2v) is 6.77. The zero-order valence-electron chi connectivity index (χ0n) is 14.1. The van der Waals surface area contributed by atoms with E-state index < -0.39 is 5.91 Å². The monoisotopic (exact) mass is 396 g/mol. The normalized spacial score (nSPS) is 14.5. The number of amides is 1. The molecule has 2 aromatic rings. The van der Waals surface area contributed by atoms with Crippen LogP contribution in [0.2, 0.25) is 5.02 Å². The van der Waals surface area contributed by atoms with E-state index in [1.54, 1.807) is 23.6 Å². The van der Waals surface area contributed by atoms with Crippen LogP contribution in [0.3, 0.4) is 0 Å². The summed E-state index contributed by atoms with van der Waals surface area (Å²) < 4.78 is 18.0. The number of fused-ring (bicyclic) bond motifs is 1. The van der Waals surface area contributed by atoms with Gasteiger partial charge in [0.05, 0.1) is 23.2 Å². The van der Waals surface area contributed by atoms with Gasteiger partial charge in [0, 0.05) is 11.6 Å². The lowest BCUT2D eigenvalue weighted by atomic mass is 10.3. The van der Waals surface area contributed by atoms with Crippen molar-refractivity contribution in [2.24, 2.45) is 4.99 Å². The Kier molecular flexibility index (Phi) is 5.95. The number of halogens is 1. The Morgan fingerprint density at radius 1 is 1.38 bits per heavy atom. The Morgan fingerprint density at radius 3 is 2.96 bits per heavy atom. The van der Waals surface area contributed by atoms with Gasteiger partial charge in [0.25, 0.3) is 0 Å². The third kappa shape index (κ3) is 4.25. The van der Waals surface area contributed by atoms with E-state index in [0.717, 1.165) is 10.2 Å². The van der Waals surface area contributed by atoms with E-state index in [4.69, 9.17) is 25.8 Å². The van der Waals surface area contributed by atoms with Crippen LogP contribution in [0, 0.1) is 0 Å². The molecular formula is C17H17ClN2O5S. The van der Waals surface area contributed by atoms with Crippen molar-refractivity contribution in [3.8, 4) is 0 Å². The Morgan fingerprint density at radius 2 is 2.23 bits per heavy atom. The van der Waals surface area contributed by atoms with E-state index >= 15 is 0 Å². The van der Waals surface area contributed by atoms with Crippen molar-refractivity contribution in [2.45, 2.75) is 19.9 Å². The number of aryl methyl sites for hydroxylation is 1. The Labute approximate surface area is 158 Å². The van der Waals surface area contributed by atoms with Crippen molar-refractivity contribution in [1.82, 2.24) is 4.57 Å². The smallest absolute Gasteiger partial charge is 0.317 e. The number of hydrogen-bond donors (Lipinski definition) is 0. The second kappa shape index (κ2) is 8.37. The van der Waals surface area contributed by atoms with Crippen LogP contribution in [0.1, 0.15) is 13.3 Å². The number of benzene rings is 1. The number of ether oxygens (including phenoxy) is 3. The fraction of sp³-hybridized carbons (Fsp3) is 0.353. The molecule has 0 aliphatic carbocycles. The minimum absolute atomic E-state index is 0.0590. The largest absolute Gasteiger partial charge is 0.494 e. The van der Waals surface area contributed by atoms with Gasteiger partial charge in [-0.1, -0.05) is 22.9 Å². The number of rotatable bonds is 5. The van der Waals surface area contributed by atoms with Crippen molar-refractivity contribution in [2.75, 3.05) is 19.8 Å². The lowest BCUT2D eigenvalue weighted by molar-refractivity contribution is -0.143. The first-order valence-electron chi connectivity index (χ1n) is 8.06. The first-order chi connectivity index (χ1) is 12.6. The van der Waals surface area contributed by atoms with Crippen LogP contribution in [0.15, 0.2) is 35.2 Å². The molecule has 0 spiro atoms. The fourth-order valence-corrected chi connectivity index (χ4v) is 3.74. The summed E-state index contributed by atoms with van der Waals surface area (Å²) in [6.45, 7) is 3.12. The maximum absolute atomic E-state index is 12.3. The number of hydrogen-bond acceptors (Lipinski definition) is 6. The molecule has 0 atom stereocenters. The van der Waals surface area contributed by atoms with Gasteiger partial charge in [0.15, 0.2) is 4.80 Å². The lowest BCUT2D eigenvalue weighted by Gasteiger charge is -2.12. The molecule has 0 unspecified atom stereocenters. The highest BCUT2D eigenvalue weighted by atomic mass is 35.5. The first kappa shape index (κ1) is 18.5. The molecule has 9 heteroatoms. The van der Waals surface area contributed by atoms with E-state index in [-0.39, 0.29) is 18.1 Å². The van der Waals surface area contributed by atoms with E-state index in [1.165, 1.54) is 17.6 Å². The van der Waals surface area contributed by atoms with Gasteiger partial charge in [-0.3, -0.25) is 9.59 Å². The van der Waals surface area contributed by atoms with Gasteiger partial charge < -0.3 is 18.8 Å². The number of carbonyl (C=O) groups excluding carboxylic acids is 2. The molecule has 26 heavy (non-hydrogen) atoms. The molecule has 0 radical (unpaired) electrons. The maximum atomic E-state index is 12.3. The highest BCUT2D eigenvalue weighted by Gasteiger charge is 2.16. The standard InChI is InChI=1S/C17H17ClN2O5S/c1-2-24-15(21)5-6-20-12-4-3-11(18)9-14(12)26-17(20)19-16(22)13-10-23-7-8-25-13/h3-4,9-10H,2,5-8H2,1H3. The van der Waals surface area contributed by atoms with E-state index in [0.29, 0.717) is 36.2 Å². The van der Waals surface area contributed by atoms with Crippen LogP contribution >= 0.6 is 22.9 Å². The molecule has 0 N–H and O–H groups in total. The fourth-order valence-electron chi connectivity index (χ4n) is 2.41. The van der Waals surface area contributed by atoms with E-state index in [9.17, 15) is 9.59 Å². The Bertz CT molecular complexity index is 931. The molecule has 1 amide bonds. The summed E-state index contributed by atoms with van der Waals surface area (Å²) in [6.07, 6.45) is 1.44. The first-order valence-corrected chi connectivity index (χ1v) is 9.26. The van der Waals surface area contributed by atoms with Crippen LogP contribution in [0.4, 0.5) is 0 Å². The number of carbonyl (C=O) groups is 2. The van der Waals surface area contributed by atoms with Gasteiger partial charge in [-0.15, -0.1) is 0 Å². The summed E-state index contributed by atoms with van der Waals surface area (Å²) in [7, 11) is 0. The zero-order valence-corrected chi connectivity index (χ0v) is 15.6. The predicted octanol–water partition coefficient (Wildman–Crippen LogP) is 2.62. The van der Waals surface area contributed by atoms with Gasteiger partial charge in [-0.05, 0) is 25.1 Å². The quantitative estimate of drug-likeness (QED) is 0.726. The number of nitrogens with zero attached hydrogens (tertiary/aromatic N) is 2. The lowest BCUT2D eigenvalue weighted by Crippen LogP contribution is -2.21. The Balaban J connectivity index is 1.98. The highest BCUT2D eigenvalue weighted by Crippen LogP contribution is 2.22. The summed E-state index contributed by atoms with van der Waals surface area (Å²) >= 11 is 7.37. The van der Waals surface area contributed by atoms with Crippen LogP contribution in [-0.2, 0) is 30.3 Å². The zero-order chi connectivity index (χ0) is 18.5. The molecule has 3 rings (SSSR count). The van der Waals surface area contributed by atoms with Crippen molar-refractivity contribution in [3.05, 3.63) is 40.0 Å². The summed E-state index contributed by atoms with van der Waals surface area (Å²) in [6, 6.07) is 5.39. The van der Waals surface area contributed by atoms with Crippen LogP contribution < -0.4 is 4.80 Å². The minimum atomic E-state index is -0.535. The van der Waals surface area contributed by atoms with Gasteiger partial charge >= 0.3 is 11.9 Å². The van der Waals surface area contributed by atoms with E-state index in [2.05, 4.69) is 4.99 Å². The third-order valence-corrected chi connectivity index (χ3v) is 4.82. The minimum Gasteiger partial charge on any atom is -0.494 e.